The molecule has 7 heteroatoms. The fourth-order valence-corrected chi connectivity index (χ4v) is 1.10. The number of hydrogen-bond acceptors (Lipinski definition) is 4. The van der Waals surface area contributed by atoms with Crippen molar-refractivity contribution in [2.75, 3.05) is 18.9 Å². The average molecular weight is 225 g/mol. The second-order valence-corrected chi connectivity index (χ2v) is 3.37. The van der Waals surface area contributed by atoms with Crippen molar-refractivity contribution >= 4 is 17.8 Å². The van der Waals surface area contributed by atoms with Crippen LogP contribution in [0.4, 0.5) is 5.95 Å². The van der Waals surface area contributed by atoms with Crippen LogP contribution in [0.15, 0.2) is 6.33 Å². The molecular weight excluding hydrogens is 210 g/mol. The second-order valence-electron chi connectivity index (χ2n) is 3.37. The van der Waals surface area contributed by atoms with Gasteiger partial charge in [-0.15, -0.1) is 0 Å². The lowest BCUT2D eigenvalue weighted by Crippen LogP contribution is -2.37. The first-order valence-electron chi connectivity index (χ1n) is 5.07. The number of amides is 2. The van der Waals surface area contributed by atoms with Gasteiger partial charge < -0.3 is 4.90 Å². The van der Waals surface area contributed by atoms with Gasteiger partial charge in [-0.1, -0.05) is 13.3 Å². The lowest BCUT2D eigenvalue weighted by molar-refractivity contribution is -0.142. The summed E-state index contributed by atoms with van der Waals surface area (Å²) < 4.78 is 0. The second kappa shape index (κ2) is 5.84. The van der Waals surface area contributed by atoms with Crippen molar-refractivity contribution in [2.45, 2.75) is 19.8 Å². The molecule has 0 radical (unpaired) electrons. The van der Waals surface area contributed by atoms with Crippen LogP contribution in [-0.4, -0.2) is 45.5 Å². The summed E-state index contributed by atoms with van der Waals surface area (Å²) in [7, 11) is 1.60. The third-order valence-corrected chi connectivity index (χ3v) is 2.03. The van der Waals surface area contributed by atoms with E-state index in [1.54, 1.807) is 7.05 Å². The molecule has 0 aliphatic carbocycles. The van der Waals surface area contributed by atoms with E-state index in [4.69, 9.17) is 0 Å². The first-order valence-corrected chi connectivity index (χ1v) is 5.07. The highest BCUT2D eigenvalue weighted by molar-refractivity contribution is 6.39. The summed E-state index contributed by atoms with van der Waals surface area (Å²) in [5.74, 6) is -1.12. The highest BCUT2D eigenvalue weighted by Gasteiger charge is 2.18. The molecule has 16 heavy (non-hydrogen) atoms. The van der Waals surface area contributed by atoms with Crippen LogP contribution in [0.1, 0.15) is 19.8 Å². The molecule has 0 atom stereocenters. The smallest absolute Gasteiger partial charge is 0.316 e. The summed E-state index contributed by atoms with van der Waals surface area (Å²) in [6, 6.07) is 0. The maximum atomic E-state index is 11.5. The van der Waals surface area contributed by atoms with E-state index in [0.717, 1.165) is 12.8 Å². The molecule has 1 aromatic heterocycles. The number of hydrogen-bond donors (Lipinski definition) is 2. The van der Waals surface area contributed by atoms with Crippen LogP contribution in [0, 0.1) is 0 Å². The standard InChI is InChI=1S/C9H15N5O2/c1-3-4-5-14(2)8(16)7(15)12-9-10-6-11-13-9/h6H,3-5H2,1-2H3,(H2,10,11,12,13,15). The Morgan fingerprint density at radius 3 is 2.88 bits per heavy atom. The largest absolute Gasteiger partial charge is 0.338 e. The molecule has 2 N–H and O–H groups in total. The number of carbonyl (C=O) groups excluding carboxylic acids is 2. The maximum Gasteiger partial charge on any atom is 0.316 e. The number of likely N-dealkylation sites (N-methyl/N-ethyl adjacent to an activating group) is 1. The molecule has 7 nitrogen and oxygen atoms in total. The quantitative estimate of drug-likeness (QED) is 0.706. The Balaban J connectivity index is 2.44. The minimum Gasteiger partial charge on any atom is -0.338 e. The van der Waals surface area contributed by atoms with Crippen LogP contribution in [-0.2, 0) is 9.59 Å². The molecule has 0 saturated heterocycles. The molecule has 1 heterocycles. The van der Waals surface area contributed by atoms with Gasteiger partial charge in [-0.05, 0) is 6.42 Å². The molecule has 0 saturated carbocycles. The Labute approximate surface area is 93.2 Å². The summed E-state index contributed by atoms with van der Waals surface area (Å²) >= 11 is 0. The number of nitrogens with one attached hydrogen (secondary N) is 2. The van der Waals surface area contributed by atoms with Crippen molar-refractivity contribution in [2.24, 2.45) is 0 Å². The van der Waals surface area contributed by atoms with E-state index >= 15 is 0 Å². The molecule has 2 amide bonds. The Morgan fingerprint density at radius 1 is 1.56 bits per heavy atom. The third kappa shape index (κ3) is 3.34. The van der Waals surface area contributed by atoms with Crippen LogP contribution >= 0.6 is 0 Å². The van der Waals surface area contributed by atoms with Gasteiger partial charge in [0.2, 0.25) is 5.95 Å². The summed E-state index contributed by atoms with van der Waals surface area (Å²) in [4.78, 5) is 28.0. The number of anilines is 1. The van der Waals surface area contributed by atoms with Gasteiger partial charge in [0.25, 0.3) is 0 Å². The zero-order valence-corrected chi connectivity index (χ0v) is 9.36. The number of carbonyl (C=O) groups is 2. The van der Waals surface area contributed by atoms with Gasteiger partial charge in [-0.2, -0.15) is 10.1 Å². The predicted molar refractivity (Wildman–Crippen MR) is 57.6 cm³/mol. The SMILES string of the molecule is CCCCN(C)C(=O)C(=O)Nc1ncn[nH]1. The number of unbranched alkanes of at least 4 members (excludes halogenated alkanes) is 1. The van der Waals surface area contributed by atoms with Crippen molar-refractivity contribution in [1.29, 1.82) is 0 Å². The Kier molecular flexibility index (Phi) is 4.43. The molecule has 1 aromatic rings. The number of aromatic nitrogens is 3. The summed E-state index contributed by atoms with van der Waals surface area (Å²) in [5, 5.41) is 8.31. The third-order valence-electron chi connectivity index (χ3n) is 2.03. The minimum absolute atomic E-state index is 0.169. The van der Waals surface area contributed by atoms with Gasteiger partial charge in [-0.3, -0.25) is 14.9 Å². The molecule has 0 fully saturated rings. The van der Waals surface area contributed by atoms with Crippen molar-refractivity contribution in [3.63, 3.8) is 0 Å². The molecular formula is C9H15N5O2. The minimum atomic E-state index is -0.713. The zero-order valence-electron chi connectivity index (χ0n) is 9.36. The van der Waals surface area contributed by atoms with Gasteiger partial charge in [0.05, 0.1) is 0 Å². The topological polar surface area (TPSA) is 91.0 Å². The monoisotopic (exact) mass is 225 g/mol. The van der Waals surface area contributed by atoms with Gasteiger partial charge in [0.1, 0.15) is 6.33 Å². The Bertz CT molecular complexity index is 349. The van der Waals surface area contributed by atoms with E-state index in [1.807, 2.05) is 6.92 Å². The normalized spacial score (nSPS) is 9.88. The molecule has 0 aromatic carbocycles. The van der Waals surface area contributed by atoms with Crippen LogP contribution < -0.4 is 5.32 Å². The van der Waals surface area contributed by atoms with E-state index < -0.39 is 11.8 Å². The lowest BCUT2D eigenvalue weighted by atomic mass is 10.3. The van der Waals surface area contributed by atoms with E-state index in [1.165, 1.54) is 11.2 Å². The highest BCUT2D eigenvalue weighted by Crippen LogP contribution is 1.96. The van der Waals surface area contributed by atoms with Crippen LogP contribution in [0.2, 0.25) is 0 Å². The molecule has 0 unspecified atom stereocenters. The predicted octanol–water partition coefficient (Wildman–Crippen LogP) is 0.00170. The fourth-order valence-electron chi connectivity index (χ4n) is 1.10. The number of aromatic amines is 1. The van der Waals surface area contributed by atoms with Crippen molar-refractivity contribution < 1.29 is 9.59 Å². The van der Waals surface area contributed by atoms with Gasteiger partial charge in [-0.25, -0.2) is 5.10 Å². The summed E-state index contributed by atoms with van der Waals surface area (Å²) in [6.07, 6.45) is 3.10. The summed E-state index contributed by atoms with van der Waals surface area (Å²) in [5.41, 5.74) is 0. The fraction of sp³-hybridized carbons (Fsp3) is 0.556. The van der Waals surface area contributed by atoms with Crippen molar-refractivity contribution in [1.82, 2.24) is 20.1 Å². The van der Waals surface area contributed by atoms with Crippen molar-refractivity contribution in [3.05, 3.63) is 6.33 Å². The Morgan fingerprint density at radius 2 is 2.31 bits per heavy atom. The van der Waals surface area contributed by atoms with E-state index in [9.17, 15) is 9.59 Å². The number of nitrogens with zero attached hydrogens (tertiary/aromatic N) is 3. The van der Waals surface area contributed by atoms with Gasteiger partial charge in [0.15, 0.2) is 0 Å². The zero-order chi connectivity index (χ0) is 12.0. The van der Waals surface area contributed by atoms with E-state index in [-0.39, 0.29) is 5.95 Å². The summed E-state index contributed by atoms with van der Waals surface area (Å²) in [6.45, 7) is 2.59. The average Bonchev–Trinajstić information content (AvgIpc) is 2.77. The first kappa shape index (κ1) is 12.2. The highest BCUT2D eigenvalue weighted by atomic mass is 16.2. The number of rotatable bonds is 4. The van der Waals surface area contributed by atoms with Crippen LogP contribution in [0.25, 0.3) is 0 Å². The number of H-pyrrole nitrogens is 1. The van der Waals surface area contributed by atoms with Crippen LogP contribution in [0.3, 0.4) is 0 Å². The molecule has 88 valence electrons. The Hall–Kier alpha value is -1.92. The molecule has 1 rings (SSSR count). The van der Waals surface area contributed by atoms with E-state index in [2.05, 4.69) is 20.5 Å². The lowest BCUT2D eigenvalue weighted by Gasteiger charge is -2.15. The van der Waals surface area contributed by atoms with Gasteiger partial charge in [0, 0.05) is 13.6 Å². The van der Waals surface area contributed by atoms with E-state index in [0.29, 0.717) is 6.54 Å². The molecule has 0 bridgehead atoms. The molecule has 0 aliphatic rings. The van der Waals surface area contributed by atoms with Gasteiger partial charge >= 0.3 is 11.8 Å². The van der Waals surface area contributed by atoms with Crippen LogP contribution in [0.5, 0.6) is 0 Å². The first-order chi connectivity index (χ1) is 7.65. The molecule has 0 spiro atoms. The maximum absolute atomic E-state index is 11.5. The molecule has 0 aliphatic heterocycles. The van der Waals surface area contributed by atoms with Crippen molar-refractivity contribution in [3.8, 4) is 0 Å².